The Labute approximate surface area is 96.8 Å². The molecule has 1 aliphatic heterocycles. The van der Waals surface area contributed by atoms with Gasteiger partial charge in [-0.2, -0.15) is 0 Å². The van der Waals surface area contributed by atoms with E-state index in [4.69, 9.17) is 0 Å². The summed E-state index contributed by atoms with van der Waals surface area (Å²) in [5.41, 5.74) is 0.789. The maximum atomic E-state index is 11.6. The number of thiophene rings is 1. The molecule has 1 unspecified atom stereocenters. The molecular weight excluding hydrogens is 228 g/mol. The first kappa shape index (κ1) is 10.9. The van der Waals surface area contributed by atoms with Crippen molar-refractivity contribution in [3.8, 4) is 0 Å². The van der Waals surface area contributed by atoms with E-state index in [-0.39, 0.29) is 17.9 Å². The number of carbonyl (C=O) groups is 2. The van der Waals surface area contributed by atoms with Gasteiger partial charge in [-0.1, -0.05) is 6.92 Å². The predicted molar refractivity (Wildman–Crippen MR) is 62.0 cm³/mol. The van der Waals surface area contributed by atoms with E-state index in [1.807, 2.05) is 6.92 Å². The zero-order valence-corrected chi connectivity index (χ0v) is 9.81. The van der Waals surface area contributed by atoms with Gasteiger partial charge in [0.1, 0.15) is 15.9 Å². The number of rotatable bonds is 2. The van der Waals surface area contributed by atoms with Crippen molar-refractivity contribution in [2.45, 2.75) is 19.4 Å². The van der Waals surface area contributed by atoms with Gasteiger partial charge in [-0.05, 0) is 12.5 Å². The Morgan fingerprint density at radius 1 is 1.62 bits per heavy atom. The summed E-state index contributed by atoms with van der Waals surface area (Å²) in [6, 6.07) is 1.47. The summed E-state index contributed by atoms with van der Waals surface area (Å²) >= 11 is 1.22. The molecule has 2 rings (SSSR count). The lowest BCUT2D eigenvalue weighted by Crippen LogP contribution is -2.37. The van der Waals surface area contributed by atoms with Gasteiger partial charge in [0, 0.05) is 0 Å². The highest BCUT2D eigenvalue weighted by atomic mass is 32.1. The van der Waals surface area contributed by atoms with E-state index < -0.39 is 0 Å². The summed E-state index contributed by atoms with van der Waals surface area (Å²) in [5, 5.41) is 6.53. The molecule has 0 aliphatic carbocycles. The van der Waals surface area contributed by atoms with E-state index in [9.17, 15) is 9.59 Å². The second-order valence-electron chi connectivity index (χ2n) is 3.44. The van der Waals surface area contributed by atoms with Crippen molar-refractivity contribution < 1.29 is 14.3 Å². The van der Waals surface area contributed by atoms with E-state index in [0.717, 1.165) is 5.69 Å². The van der Waals surface area contributed by atoms with Gasteiger partial charge in [0.25, 0.3) is 0 Å². The zero-order valence-electron chi connectivity index (χ0n) is 8.99. The van der Waals surface area contributed by atoms with Crippen molar-refractivity contribution in [2.75, 3.05) is 17.7 Å². The van der Waals surface area contributed by atoms with E-state index in [0.29, 0.717) is 16.3 Å². The molecule has 1 amide bonds. The van der Waals surface area contributed by atoms with Crippen molar-refractivity contribution in [2.24, 2.45) is 0 Å². The highest BCUT2D eigenvalue weighted by Crippen LogP contribution is 2.36. The Morgan fingerprint density at radius 2 is 2.38 bits per heavy atom. The fourth-order valence-corrected chi connectivity index (χ4v) is 2.47. The van der Waals surface area contributed by atoms with E-state index in [1.165, 1.54) is 18.4 Å². The number of hydrogen-bond donors (Lipinski definition) is 2. The normalized spacial score (nSPS) is 18.4. The fraction of sp³-hybridized carbons (Fsp3) is 0.400. The maximum absolute atomic E-state index is 11.6. The Kier molecular flexibility index (Phi) is 2.82. The highest BCUT2D eigenvalue weighted by Gasteiger charge is 2.27. The van der Waals surface area contributed by atoms with Crippen LogP contribution >= 0.6 is 11.3 Å². The van der Waals surface area contributed by atoms with Gasteiger partial charge in [-0.3, -0.25) is 4.79 Å². The van der Waals surface area contributed by atoms with Gasteiger partial charge in [-0.25, -0.2) is 4.79 Å². The Morgan fingerprint density at radius 3 is 3.00 bits per heavy atom. The second kappa shape index (κ2) is 4.13. The fourth-order valence-electron chi connectivity index (χ4n) is 1.53. The molecule has 1 atom stereocenters. The summed E-state index contributed by atoms with van der Waals surface area (Å²) in [6.07, 6.45) is 0.703. The summed E-state index contributed by atoms with van der Waals surface area (Å²) in [7, 11) is 1.34. The van der Waals surface area contributed by atoms with Crippen LogP contribution in [0.25, 0.3) is 0 Å². The number of amides is 1. The first-order valence-electron chi connectivity index (χ1n) is 4.95. The lowest BCUT2D eigenvalue weighted by molar-refractivity contribution is -0.117. The summed E-state index contributed by atoms with van der Waals surface area (Å²) in [6.45, 7) is 1.93. The Balaban J connectivity index is 2.29. The molecule has 2 heterocycles. The highest BCUT2D eigenvalue weighted by molar-refractivity contribution is 7.18. The molecule has 6 heteroatoms. The molecule has 1 aromatic heterocycles. The van der Waals surface area contributed by atoms with Crippen molar-refractivity contribution >= 4 is 33.9 Å². The number of carbonyl (C=O) groups excluding carboxylic acids is 2. The van der Waals surface area contributed by atoms with Crippen molar-refractivity contribution in [3.63, 3.8) is 0 Å². The van der Waals surface area contributed by atoms with Crippen molar-refractivity contribution in [3.05, 3.63) is 10.9 Å². The van der Waals surface area contributed by atoms with Crippen LogP contribution < -0.4 is 10.6 Å². The summed E-state index contributed by atoms with van der Waals surface area (Å²) in [4.78, 5) is 23.3. The second-order valence-corrected chi connectivity index (χ2v) is 4.49. The van der Waals surface area contributed by atoms with Gasteiger partial charge in [0.05, 0.1) is 12.8 Å². The number of ether oxygens (including phenoxy) is 1. The molecule has 5 nitrogen and oxygen atoms in total. The van der Waals surface area contributed by atoms with Crippen molar-refractivity contribution in [1.29, 1.82) is 0 Å². The van der Waals surface area contributed by atoms with Crippen LogP contribution in [0.3, 0.4) is 0 Å². The average molecular weight is 240 g/mol. The average Bonchev–Trinajstić information content (AvgIpc) is 2.69. The zero-order chi connectivity index (χ0) is 11.7. The van der Waals surface area contributed by atoms with Gasteiger partial charge in [0.15, 0.2) is 0 Å². The molecule has 0 radical (unpaired) electrons. The first-order chi connectivity index (χ1) is 7.65. The monoisotopic (exact) mass is 240 g/mol. The molecule has 2 N–H and O–H groups in total. The topological polar surface area (TPSA) is 67.4 Å². The van der Waals surface area contributed by atoms with E-state index in [2.05, 4.69) is 15.4 Å². The number of methoxy groups -OCH3 is 1. The van der Waals surface area contributed by atoms with Gasteiger partial charge in [0.2, 0.25) is 5.91 Å². The lowest BCUT2D eigenvalue weighted by Gasteiger charge is -2.22. The first-order valence-corrected chi connectivity index (χ1v) is 5.77. The maximum Gasteiger partial charge on any atom is 0.348 e. The molecule has 0 bridgehead atoms. The quantitative estimate of drug-likeness (QED) is 0.772. The van der Waals surface area contributed by atoms with Crippen LogP contribution in [0.5, 0.6) is 0 Å². The minimum Gasteiger partial charge on any atom is -0.465 e. The molecule has 0 spiro atoms. The van der Waals surface area contributed by atoms with Gasteiger partial charge in [-0.15, -0.1) is 11.3 Å². The Hall–Kier alpha value is -1.56. The third-order valence-corrected chi connectivity index (χ3v) is 3.44. The molecule has 0 saturated carbocycles. The van der Waals surface area contributed by atoms with Crippen molar-refractivity contribution in [1.82, 2.24) is 0 Å². The number of anilines is 2. The molecule has 86 valence electrons. The molecule has 0 fully saturated rings. The third-order valence-electron chi connectivity index (χ3n) is 2.41. The minimum absolute atomic E-state index is 0.0618. The summed E-state index contributed by atoms with van der Waals surface area (Å²) < 4.78 is 4.63. The van der Waals surface area contributed by atoms with E-state index in [1.54, 1.807) is 6.07 Å². The van der Waals surface area contributed by atoms with Gasteiger partial charge >= 0.3 is 5.97 Å². The standard InChI is InChI=1S/C10H12N2O3S/c1-3-5-8(13)12-9-6(11-5)4-7(16-9)10(14)15-2/h4-5,11H,3H2,1-2H3,(H,12,13). The van der Waals surface area contributed by atoms with Crippen LogP contribution in [0, 0.1) is 0 Å². The lowest BCUT2D eigenvalue weighted by atomic mass is 10.1. The number of nitrogens with one attached hydrogen (secondary N) is 2. The van der Waals surface area contributed by atoms with Crippen LogP contribution in [0.15, 0.2) is 6.07 Å². The minimum atomic E-state index is -0.386. The third kappa shape index (κ3) is 1.76. The van der Waals surface area contributed by atoms with Crippen LogP contribution in [0.2, 0.25) is 0 Å². The largest absolute Gasteiger partial charge is 0.465 e. The molecule has 1 aliphatic rings. The van der Waals surface area contributed by atoms with E-state index >= 15 is 0 Å². The SMILES string of the molecule is CCC1Nc2cc(C(=O)OC)sc2NC1=O. The Bertz CT molecular complexity index is 441. The molecular formula is C10H12N2O3S. The van der Waals surface area contributed by atoms with Crippen LogP contribution in [0.1, 0.15) is 23.0 Å². The number of esters is 1. The van der Waals surface area contributed by atoms with Crippen LogP contribution in [-0.2, 0) is 9.53 Å². The molecule has 1 aromatic rings. The van der Waals surface area contributed by atoms with Crippen LogP contribution in [-0.4, -0.2) is 25.0 Å². The van der Waals surface area contributed by atoms with Gasteiger partial charge < -0.3 is 15.4 Å². The number of fused-ring (bicyclic) bond motifs is 1. The molecule has 0 saturated heterocycles. The predicted octanol–water partition coefficient (Wildman–Crippen LogP) is 1.68. The molecule has 0 aromatic carbocycles. The summed E-state index contributed by atoms with van der Waals surface area (Å²) in [5.74, 6) is -0.447. The molecule has 16 heavy (non-hydrogen) atoms. The van der Waals surface area contributed by atoms with Crippen LogP contribution in [0.4, 0.5) is 10.7 Å². The smallest absolute Gasteiger partial charge is 0.348 e. The number of hydrogen-bond acceptors (Lipinski definition) is 5.